The summed E-state index contributed by atoms with van der Waals surface area (Å²) in [5.41, 5.74) is 3.42. The van der Waals surface area contributed by atoms with Gasteiger partial charge in [0.2, 0.25) is 0 Å². The number of anilines is 1. The average molecular weight is 270 g/mol. The molecule has 0 saturated heterocycles. The highest BCUT2D eigenvalue weighted by Gasteiger charge is 2.11. The van der Waals surface area contributed by atoms with Gasteiger partial charge in [0.25, 0.3) is 0 Å². The molecular weight excluding hydrogens is 256 g/mol. The van der Waals surface area contributed by atoms with Crippen molar-refractivity contribution in [1.29, 1.82) is 0 Å². The minimum atomic E-state index is 0.184. The highest BCUT2D eigenvalue weighted by molar-refractivity contribution is 7.18. The lowest BCUT2D eigenvalue weighted by molar-refractivity contribution is 0.872. The maximum Gasteiger partial charge on any atom is 0.147 e. The third kappa shape index (κ3) is 2.29. The van der Waals surface area contributed by atoms with Crippen LogP contribution >= 0.6 is 11.3 Å². The predicted octanol–water partition coefficient (Wildman–Crippen LogP) is 3.57. The Balaban J connectivity index is 1.93. The number of nitrogens with zero attached hydrogens (tertiary/aromatic N) is 3. The van der Waals surface area contributed by atoms with Crippen molar-refractivity contribution in [2.45, 2.75) is 19.9 Å². The second-order valence-electron chi connectivity index (χ2n) is 4.47. The Morgan fingerprint density at radius 1 is 1.21 bits per heavy atom. The number of nitrogens with one attached hydrogen (secondary N) is 1. The van der Waals surface area contributed by atoms with E-state index in [0.29, 0.717) is 0 Å². The minimum absolute atomic E-state index is 0.184. The zero-order valence-electron chi connectivity index (χ0n) is 10.8. The van der Waals surface area contributed by atoms with Crippen molar-refractivity contribution in [2.75, 3.05) is 5.32 Å². The van der Waals surface area contributed by atoms with Crippen LogP contribution < -0.4 is 5.32 Å². The normalized spacial score (nSPS) is 12.5. The smallest absolute Gasteiger partial charge is 0.147 e. The van der Waals surface area contributed by atoms with Crippen LogP contribution in [0.15, 0.2) is 36.2 Å². The number of rotatable bonds is 3. The summed E-state index contributed by atoms with van der Waals surface area (Å²) in [6.07, 6.45) is 5.22. The van der Waals surface area contributed by atoms with Gasteiger partial charge in [-0.25, -0.2) is 9.97 Å². The van der Waals surface area contributed by atoms with E-state index >= 15 is 0 Å². The Bertz CT molecular complexity index is 693. The summed E-state index contributed by atoms with van der Waals surface area (Å²) < 4.78 is 1.11. The van der Waals surface area contributed by atoms with Gasteiger partial charge in [0, 0.05) is 12.4 Å². The summed E-state index contributed by atoms with van der Waals surface area (Å²) in [4.78, 5) is 12.7. The number of pyridine rings is 1. The molecule has 1 atom stereocenters. The summed E-state index contributed by atoms with van der Waals surface area (Å²) >= 11 is 1.68. The van der Waals surface area contributed by atoms with Crippen LogP contribution in [-0.2, 0) is 0 Å². The Labute approximate surface area is 115 Å². The number of aromatic nitrogens is 3. The highest BCUT2D eigenvalue weighted by Crippen LogP contribution is 2.30. The average Bonchev–Trinajstić information content (AvgIpc) is 2.83. The molecule has 1 N–H and O–H groups in total. The van der Waals surface area contributed by atoms with Crippen LogP contribution in [0.2, 0.25) is 0 Å². The molecule has 0 fully saturated rings. The van der Waals surface area contributed by atoms with Gasteiger partial charge in [-0.15, -0.1) is 11.3 Å². The molecule has 19 heavy (non-hydrogen) atoms. The van der Waals surface area contributed by atoms with Crippen LogP contribution in [0.1, 0.15) is 24.1 Å². The van der Waals surface area contributed by atoms with E-state index in [1.165, 1.54) is 11.1 Å². The van der Waals surface area contributed by atoms with Crippen molar-refractivity contribution in [3.8, 4) is 0 Å². The van der Waals surface area contributed by atoms with Gasteiger partial charge in [0.15, 0.2) is 0 Å². The second kappa shape index (κ2) is 4.93. The molecule has 3 heterocycles. The molecule has 3 aromatic rings. The largest absolute Gasteiger partial charge is 0.362 e. The topological polar surface area (TPSA) is 50.7 Å². The molecule has 0 aliphatic rings. The zero-order valence-corrected chi connectivity index (χ0v) is 11.6. The van der Waals surface area contributed by atoms with Gasteiger partial charge in [-0.2, -0.15) is 0 Å². The monoisotopic (exact) mass is 270 g/mol. The number of hydrogen-bond acceptors (Lipinski definition) is 5. The van der Waals surface area contributed by atoms with Crippen LogP contribution in [0.5, 0.6) is 0 Å². The number of thiophene rings is 1. The van der Waals surface area contributed by atoms with Gasteiger partial charge in [-0.3, -0.25) is 4.98 Å². The lowest BCUT2D eigenvalue weighted by atomic mass is 10.1. The molecule has 96 valence electrons. The molecule has 4 nitrogen and oxygen atoms in total. The Morgan fingerprint density at radius 3 is 2.79 bits per heavy atom. The lowest BCUT2D eigenvalue weighted by Gasteiger charge is -2.14. The first kappa shape index (κ1) is 12.0. The molecule has 0 aromatic carbocycles. The molecule has 0 spiro atoms. The fraction of sp³-hybridized carbons (Fsp3) is 0.214. The first-order valence-corrected chi connectivity index (χ1v) is 6.99. The molecule has 0 saturated carbocycles. The van der Waals surface area contributed by atoms with E-state index in [0.717, 1.165) is 16.0 Å². The van der Waals surface area contributed by atoms with Gasteiger partial charge in [0.05, 0.1) is 16.3 Å². The van der Waals surface area contributed by atoms with Crippen molar-refractivity contribution in [3.63, 3.8) is 0 Å². The van der Waals surface area contributed by atoms with Crippen molar-refractivity contribution in [1.82, 2.24) is 15.0 Å². The maximum atomic E-state index is 4.36. The Hall–Kier alpha value is -2.01. The first-order valence-electron chi connectivity index (χ1n) is 6.11. The van der Waals surface area contributed by atoms with E-state index in [1.807, 2.05) is 12.1 Å². The van der Waals surface area contributed by atoms with E-state index < -0.39 is 0 Å². The van der Waals surface area contributed by atoms with Crippen LogP contribution in [0.4, 0.5) is 5.82 Å². The third-order valence-corrected chi connectivity index (χ3v) is 4.18. The molecule has 5 heteroatoms. The van der Waals surface area contributed by atoms with Crippen LogP contribution in [-0.4, -0.2) is 15.0 Å². The molecule has 0 aliphatic carbocycles. The molecule has 3 rings (SSSR count). The van der Waals surface area contributed by atoms with Crippen molar-refractivity contribution < 1.29 is 0 Å². The fourth-order valence-electron chi connectivity index (χ4n) is 2.01. The molecule has 0 bridgehead atoms. The maximum absolute atomic E-state index is 4.36. The minimum Gasteiger partial charge on any atom is -0.362 e. The Kier molecular flexibility index (Phi) is 3.13. The molecular formula is C14H14N4S. The van der Waals surface area contributed by atoms with E-state index in [4.69, 9.17) is 0 Å². The van der Waals surface area contributed by atoms with Crippen LogP contribution in [0.25, 0.3) is 10.2 Å². The van der Waals surface area contributed by atoms with Gasteiger partial charge < -0.3 is 5.32 Å². The SMILES string of the molecule is Cc1csc2c(NC(C)c3ccncc3)ncnc12. The van der Waals surface area contributed by atoms with Crippen molar-refractivity contribution in [2.24, 2.45) is 0 Å². The van der Waals surface area contributed by atoms with E-state index in [2.05, 4.69) is 39.5 Å². The third-order valence-electron chi connectivity index (χ3n) is 3.09. The van der Waals surface area contributed by atoms with Crippen molar-refractivity contribution >= 4 is 27.4 Å². The molecule has 1 unspecified atom stereocenters. The van der Waals surface area contributed by atoms with Gasteiger partial charge in [0.1, 0.15) is 12.1 Å². The summed E-state index contributed by atoms with van der Waals surface area (Å²) in [5.74, 6) is 0.896. The molecule has 0 aliphatic heterocycles. The molecule has 0 radical (unpaired) electrons. The van der Waals surface area contributed by atoms with Gasteiger partial charge in [-0.1, -0.05) is 0 Å². The van der Waals surface area contributed by atoms with Crippen LogP contribution in [0, 0.1) is 6.92 Å². The first-order chi connectivity index (χ1) is 9.25. The lowest BCUT2D eigenvalue weighted by Crippen LogP contribution is -2.08. The molecule has 3 aromatic heterocycles. The summed E-state index contributed by atoms with van der Waals surface area (Å²) in [6, 6.07) is 4.20. The number of fused-ring (bicyclic) bond motifs is 1. The predicted molar refractivity (Wildman–Crippen MR) is 78.4 cm³/mol. The standard InChI is InChI=1S/C14H14N4S/c1-9-7-19-13-12(9)16-8-17-14(13)18-10(2)11-3-5-15-6-4-11/h3-8,10H,1-2H3,(H,16,17,18). The Morgan fingerprint density at radius 2 is 2.00 bits per heavy atom. The highest BCUT2D eigenvalue weighted by atomic mass is 32.1. The number of hydrogen-bond donors (Lipinski definition) is 1. The fourth-order valence-corrected chi connectivity index (χ4v) is 2.97. The second-order valence-corrected chi connectivity index (χ2v) is 5.34. The summed E-state index contributed by atoms with van der Waals surface area (Å²) in [5, 5.41) is 5.56. The van der Waals surface area contributed by atoms with E-state index in [1.54, 1.807) is 30.1 Å². The van der Waals surface area contributed by atoms with Gasteiger partial charge >= 0.3 is 0 Å². The quantitative estimate of drug-likeness (QED) is 0.790. The number of aryl methyl sites for hydroxylation is 1. The van der Waals surface area contributed by atoms with E-state index in [-0.39, 0.29) is 6.04 Å². The van der Waals surface area contributed by atoms with Gasteiger partial charge in [-0.05, 0) is 42.5 Å². The zero-order chi connectivity index (χ0) is 13.2. The van der Waals surface area contributed by atoms with Crippen LogP contribution in [0.3, 0.4) is 0 Å². The molecule has 0 amide bonds. The van der Waals surface area contributed by atoms with Crippen molar-refractivity contribution in [3.05, 3.63) is 47.4 Å². The summed E-state index contributed by atoms with van der Waals surface area (Å²) in [7, 11) is 0. The summed E-state index contributed by atoms with van der Waals surface area (Å²) in [6.45, 7) is 4.19. The van der Waals surface area contributed by atoms with E-state index in [9.17, 15) is 0 Å².